The number of rotatable bonds is 2. The number of aromatic hydroxyl groups is 1. The standard InChI is InChI=1S/C16H19NO7S/c1-8-12(22-2)4-11(18)9-6-25-7-10(15(20)23-3)17-13(19)5-24-16(21)14(8)9/h4,10,18H,5-7H2,1-3H3,(H,17,19)/t10-/m0/s1. The number of hydrogen-bond acceptors (Lipinski definition) is 8. The Labute approximate surface area is 148 Å². The summed E-state index contributed by atoms with van der Waals surface area (Å²) >= 11 is 1.27. The Balaban J connectivity index is 2.42. The van der Waals surface area contributed by atoms with Gasteiger partial charge in [0.1, 0.15) is 17.5 Å². The summed E-state index contributed by atoms with van der Waals surface area (Å²) in [5, 5.41) is 12.7. The van der Waals surface area contributed by atoms with Crippen LogP contribution in [-0.2, 0) is 24.8 Å². The number of amides is 1. The van der Waals surface area contributed by atoms with Crippen LogP contribution in [0, 0.1) is 6.92 Å². The lowest BCUT2D eigenvalue weighted by atomic mass is 10.0. The van der Waals surface area contributed by atoms with E-state index in [-0.39, 0.29) is 22.8 Å². The quantitative estimate of drug-likeness (QED) is 0.736. The second-order valence-corrected chi connectivity index (χ2v) is 6.34. The number of benzene rings is 1. The zero-order chi connectivity index (χ0) is 18.6. The molecule has 1 heterocycles. The van der Waals surface area contributed by atoms with Gasteiger partial charge >= 0.3 is 11.9 Å². The third-order valence-corrected chi connectivity index (χ3v) is 4.80. The van der Waals surface area contributed by atoms with Gasteiger partial charge in [0.2, 0.25) is 0 Å². The second-order valence-electron chi connectivity index (χ2n) is 5.31. The molecule has 0 spiro atoms. The molecule has 136 valence electrons. The first-order valence-corrected chi connectivity index (χ1v) is 8.56. The lowest BCUT2D eigenvalue weighted by Gasteiger charge is -2.16. The first-order valence-electron chi connectivity index (χ1n) is 7.40. The monoisotopic (exact) mass is 369 g/mol. The number of phenolic OH excluding ortho intramolecular Hbond substituents is 1. The Morgan fingerprint density at radius 1 is 1.40 bits per heavy atom. The van der Waals surface area contributed by atoms with Crippen LogP contribution in [0.2, 0.25) is 0 Å². The third-order valence-electron chi connectivity index (χ3n) is 3.73. The molecule has 1 amide bonds. The van der Waals surface area contributed by atoms with Crippen molar-refractivity contribution in [2.24, 2.45) is 0 Å². The Bertz CT molecular complexity index is 704. The minimum absolute atomic E-state index is 0.116. The number of methoxy groups -OCH3 is 2. The minimum Gasteiger partial charge on any atom is -0.507 e. The highest BCUT2D eigenvalue weighted by Gasteiger charge is 2.27. The van der Waals surface area contributed by atoms with Gasteiger partial charge in [-0.25, -0.2) is 9.59 Å². The van der Waals surface area contributed by atoms with E-state index >= 15 is 0 Å². The second kappa shape index (κ2) is 8.11. The summed E-state index contributed by atoms with van der Waals surface area (Å²) < 4.78 is 14.9. The molecule has 8 nitrogen and oxygen atoms in total. The molecular weight excluding hydrogens is 350 g/mol. The van der Waals surface area contributed by atoms with Gasteiger partial charge in [0.15, 0.2) is 6.61 Å². The van der Waals surface area contributed by atoms with Gasteiger partial charge in [0, 0.05) is 28.7 Å². The number of phenols is 1. The number of fused-ring (bicyclic) bond motifs is 1. The van der Waals surface area contributed by atoms with E-state index < -0.39 is 30.5 Å². The average Bonchev–Trinajstić information content (AvgIpc) is 2.62. The van der Waals surface area contributed by atoms with Crippen molar-refractivity contribution in [2.45, 2.75) is 18.7 Å². The van der Waals surface area contributed by atoms with Gasteiger partial charge in [-0.2, -0.15) is 11.8 Å². The number of nitrogens with one attached hydrogen (secondary N) is 1. The number of carbonyl (C=O) groups excluding carboxylic acids is 3. The van der Waals surface area contributed by atoms with Crippen molar-refractivity contribution in [1.82, 2.24) is 5.32 Å². The molecule has 0 fully saturated rings. The fourth-order valence-corrected chi connectivity index (χ4v) is 3.53. The van der Waals surface area contributed by atoms with Crippen molar-refractivity contribution in [3.8, 4) is 11.5 Å². The molecule has 0 unspecified atom stereocenters. The van der Waals surface area contributed by atoms with Crippen molar-refractivity contribution in [1.29, 1.82) is 0 Å². The van der Waals surface area contributed by atoms with Crippen LogP contribution < -0.4 is 10.1 Å². The topological polar surface area (TPSA) is 111 Å². The fraction of sp³-hybridized carbons (Fsp3) is 0.438. The van der Waals surface area contributed by atoms with Crippen LogP contribution in [0.1, 0.15) is 21.5 Å². The number of ether oxygens (including phenoxy) is 3. The highest BCUT2D eigenvalue weighted by atomic mass is 32.2. The molecule has 2 rings (SSSR count). The number of carbonyl (C=O) groups is 3. The molecule has 9 heteroatoms. The van der Waals surface area contributed by atoms with E-state index in [0.29, 0.717) is 16.9 Å². The molecule has 0 aromatic heterocycles. The van der Waals surface area contributed by atoms with Crippen LogP contribution in [0.25, 0.3) is 0 Å². The summed E-state index contributed by atoms with van der Waals surface area (Å²) in [5.74, 6) is -1.27. The first-order chi connectivity index (χ1) is 11.9. The van der Waals surface area contributed by atoms with E-state index in [2.05, 4.69) is 10.1 Å². The van der Waals surface area contributed by atoms with E-state index in [1.54, 1.807) is 6.92 Å². The Morgan fingerprint density at radius 2 is 2.12 bits per heavy atom. The maximum atomic E-state index is 12.4. The molecule has 1 aromatic carbocycles. The maximum Gasteiger partial charge on any atom is 0.339 e. The SMILES string of the molecule is COC(=O)[C@@H]1CSCc2c(O)cc(OC)c(C)c2C(=O)OCC(=O)N1. The predicted octanol–water partition coefficient (Wildman–Crippen LogP) is 0.771. The smallest absolute Gasteiger partial charge is 0.339 e. The lowest BCUT2D eigenvalue weighted by Crippen LogP contribution is -2.44. The highest BCUT2D eigenvalue weighted by Crippen LogP contribution is 2.35. The van der Waals surface area contributed by atoms with Crippen molar-refractivity contribution in [3.05, 3.63) is 22.8 Å². The van der Waals surface area contributed by atoms with Gasteiger partial charge in [-0.3, -0.25) is 4.79 Å². The molecule has 0 saturated carbocycles. The van der Waals surface area contributed by atoms with E-state index in [1.807, 2.05) is 0 Å². The van der Waals surface area contributed by atoms with Gasteiger partial charge in [0.05, 0.1) is 19.8 Å². The van der Waals surface area contributed by atoms with E-state index in [1.165, 1.54) is 32.0 Å². The first kappa shape index (κ1) is 18.9. The van der Waals surface area contributed by atoms with Crippen molar-refractivity contribution in [3.63, 3.8) is 0 Å². The molecule has 25 heavy (non-hydrogen) atoms. The zero-order valence-corrected chi connectivity index (χ0v) is 14.9. The van der Waals surface area contributed by atoms with Crippen LogP contribution in [0.15, 0.2) is 6.07 Å². The van der Waals surface area contributed by atoms with Gasteiger partial charge in [-0.1, -0.05) is 0 Å². The summed E-state index contributed by atoms with van der Waals surface area (Å²) in [6.45, 7) is 1.12. The molecular formula is C16H19NO7S. The highest BCUT2D eigenvalue weighted by molar-refractivity contribution is 7.98. The number of hydrogen-bond donors (Lipinski definition) is 2. The van der Waals surface area contributed by atoms with Crippen LogP contribution in [0.4, 0.5) is 0 Å². The van der Waals surface area contributed by atoms with E-state index in [0.717, 1.165) is 0 Å². The summed E-state index contributed by atoms with van der Waals surface area (Å²) in [5.41, 5.74) is 1.03. The van der Waals surface area contributed by atoms with Gasteiger partial charge in [0.25, 0.3) is 5.91 Å². The van der Waals surface area contributed by atoms with Crippen LogP contribution in [0.5, 0.6) is 11.5 Å². The number of esters is 2. The van der Waals surface area contributed by atoms with Crippen LogP contribution in [0.3, 0.4) is 0 Å². The Hall–Kier alpha value is -2.42. The zero-order valence-electron chi connectivity index (χ0n) is 14.1. The van der Waals surface area contributed by atoms with Crippen molar-refractivity contribution >= 4 is 29.6 Å². The molecule has 2 N–H and O–H groups in total. The number of cyclic esters (lactones) is 1. The van der Waals surface area contributed by atoms with Gasteiger partial charge in [-0.15, -0.1) is 0 Å². The molecule has 0 bridgehead atoms. The van der Waals surface area contributed by atoms with Crippen molar-refractivity contribution in [2.75, 3.05) is 26.6 Å². The van der Waals surface area contributed by atoms with Crippen LogP contribution >= 0.6 is 11.8 Å². The third kappa shape index (κ3) is 4.16. The molecule has 1 aromatic rings. The molecule has 0 saturated heterocycles. The minimum atomic E-state index is -0.871. The molecule has 0 aliphatic carbocycles. The molecule has 1 aliphatic heterocycles. The van der Waals surface area contributed by atoms with Crippen molar-refractivity contribution < 1.29 is 33.7 Å². The van der Waals surface area contributed by atoms with E-state index in [9.17, 15) is 19.5 Å². The summed E-state index contributed by atoms with van der Waals surface area (Å²) in [6.07, 6.45) is 0. The van der Waals surface area contributed by atoms with E-state index in [4.69, 9.17) is 9.47 Å². The molecule has 1 atom stereocenters. The summed E-state index contributed by atoms with van der Waals surface area (Å²) in [6, 6.07) is 0.548. The summed E-state index contributed by atoms with van der Waals surface area (Å²) in [7, 11) is 2.65. The maximum absolute atomic E-state index is 12.4. The Kier molecular flexibility index (Phi) is 6.13. The van der Waals surface area contributed by atoms with Gasteiger partial charge < -0.3 is 24.6 Å². The largest absolute Gasteiger partial charge is 0.507 e. The van der Waals surface area contributed by atoms with Crippen LogP contribution in [-0.4, -0.2) is 55.6 Å². The number of thioether (sulfide) groups is 1. The van der Waals surface area contributed by atoms with Gasteiger partial charge in [-0.05, 0) is 6.92 Å². The fourth-order valence-electron chi connectivity index (χ4n) is 2.46. The summed E-state index contributed by atoms with van der Waals surface area (Å²) in [4.78, 5) is 36.1. The molecule has 1 aliphatic rings. The Morgan fingerprint density at radius 3 is 2.76 bits per heavy atom. The average molecular weight is 369 g/mol. The predicted molar refractivity (Wildman–Crippen MR) is 89.8 cm³/mol. The lowest BCUT2D eigenvalue weighted by molar-refractivity contribution is -0.144. The molecule has 0 radical (unpaired) electrons. The normalized spacial score (nSPS) is 18.3.